The first-order valence-electron chi connectivity index (χ1n) is 8.30. The molecule has 3 heteroatoms. The van der Waals surface area contributed by atoms with E-state index in [2.05, 4.69) is 6.58 Å². The van der Waals surface area contributed by atoms with Gasteiger partial charge in [0.05, 0.1) is 12.2 Å². The number of hydrogen-bond acceptors (Lipinski definition) is 3. The van der Waals surface area contributed by atoms with Crippen LogP contribution >= 0.6 is 0 Å². The summed E-state index contributed by atoms with van der Waals surface area (Å²) in [5.41, 5.74) is 0.699. The molecule has 1 saturated heterocycles. The number of hydrogen-bond donors (Lipinski definition) is 1. The van der Waals surface area contributed by atoms with Gasteiger partial charge in [0.2, 0.25) is 0 Å². The van der Waals surface area contributed by atoms with E-state index in [1.165, 1.54) is 18.4 Å². The van der Waals surface area contributed by atoms with Gasteiger partial charge in [-0.05, 0) is 51.4 Å². The monoisotopic (exact) mass is 282 g/mol. The smallest absolute Gasteiger partial charge is 0.157 e. The molecule has 20 heavy (non-hydrogen) atoms. The molecule has 1 heterocycles. The van der Waals surface area contributed by atoms with E-state index in [1.54, 1.807) is 0 Å². The highest BCUT2D eigenvalue weighted by Crippen LogP contribution is 2.33. The maximum atomic E-state index is 10.5. The summed E-state index contributed by atoms with van der Waals surface area (Å²) in [6.45, 7) is 5.71. The Kier molecular flexibility index (Phi) is 6.53. The normalized spacial score (nSPS) is 26.4. The van der Waals surface area contributed by atoms with Gasteiger partial charge in [-0.15, -0.1) is 0 Å². The van der Waals surface area contributed by atoms with Crippen LogP contribution < -0.4 is 0 Å². The van der Waals surface area contributed by atoms with Crippen molar-refractivity contribution >= 4 is 0 Å². The molecule has 2 aliphatic rings. The van der Waals surface area contributed by atoms with Crippen molar-refractivity contribution in [1.29, 1.82) is 0 Å². The topological polar surface area (TPSA) is 38.7 Å². The van der Waals surface area contributed by atoms with Crippen LogP contribution in [-0.4, -0.2) is 30.2 Å². The van der Waals surface area contributed by atoms with Gasteiger partial charge in [-0.3, -0.25) is 0 Å². The van der Waals surface area contributed by atoms with Gasteiger partial charge in [-0.25, -0.2) is 0 Å². The van der Waals surface area contributed by atoms with E-state index in [4.69, 9.17) is 9.47 Å². The van der Waals surface area contributed by atoms with Crippen molar-refractivity contribution < 1.29 is 14.6 Å². The van der Waals surface area contributed by atoms with Crippen molar-refractivity contribution in [1.82, 2.24) is 0 Å². The third-order valence-corrected chi connectivity index (χ3v) is 4.48. The summed E-state index contributed by atoms with van der Waals surface area (Å²) in [5.74, 6) is 0. The second kappa shape index (κ2) is 8.16. The van der Waals surface area contributed by atoms with Gasteiger partial charge in [0.15, 0.2) is 6.29 Å². The van der Waals surface area contributed by atoms with Gasteiger partial charge < -0.3 is 14.6 Å². The lowest BCUT2D eigenvalue weighted by Gasteiger charge is -2.32. The molecule has 1 atom stereocenters. The standard InChI is InChI=1S/C17H30O3/c1-15(14-17(18)10-4-2-5-11-17)8-7-13-20-16-9-3-6-12-19-16/h16,18H,1-14H2. The Hall–Kier alpha value is -0.380. The van der Waals surface area contributed by atoms with Crippen molar-refractivity contribution in [3.8, 4) is 0 Å². The molecule has 0 spiro atoms. The zero-order chi connectivity index (χ0) is 14.3. The number of rotatable bonds is 7. The molecule has 1 N–H and O–H groups in total. The van der Waals surface area contributed by atoms with E-state index in [0.29, 0.717) is 0 Å². The molecule has 0 aromatic rings. The molecule has 0 aromatic heterocycles. The fourth-order valence-electron chi connectivity index (χ4n) is 3.32. The first-order chi connectivity index (χ1) is 9.68. The van der Waals surface area contributed by atoms with Gasteiger partial charge in [-0.1, -0.05) is 31.4 Å². The summed E-state index contributed by atoms with van der Waals surface area (Å²) >= 11 is 0. The lowest BCUT2D eigenvalue weighted by atomic mass is 9.80. The van der Waals surface area contributed by atoms with Crippen LogP contribution in [0.5, 0.6) is 0 Å². The maximum Gasteiger partial charge on any atom is 0.157 e. The SMILES string of the molecule is C=C(CCCOC1CCCCO1)CC1(O)CCCCC1. The lowest BCUT2D eigenvalue weighted by Crippen LogP contribution is -2.31. The third-order valence-electron chi connectivity index (χ3n) is 4.48. The molecule has 1 aliphatic carbocycles. The van der Waals surface area contributed by atoms with Crippen molar-refractivity contribution in [3.63, 3.8) is 0 Å². The molecule has 2 fully saturated rings. The largest absolute Gasteiger partial charge is 0.390 e. The quantitative estimate of drug-likeness (QED) is 0.567. The van der Waals surface area contributed by atoms with E-state index in [0.717, 1.165) is 71.0 Å². The minimum absolute atomic E-state index is 0.0135. The van der Waals surface area contributed by atoms with Crippen LogP contribution in [0.3, 0.4) is 0 Å². The Bertz CT molecular complexity index is 289. The van der Waals surface area contributed by atoms with Crippen LogP contribution in [-0.2, 0) is 9.47 Å². The van der Waals surface area contributed by atoms with Crippen LogP contribution in [0.2, 0.25) is 0 Å². The number of ether oxygens (including phenoxy) is 2. The summed E-state index contributed by atoms with van der Waals surface area (Å²) in [6.07, 6.45) is 11.6. The highest BCUT2D eigenvalue weighted by Gasteiger charge is 2.29. The Morgan fingerprint density at radius 1 is 1.20 bits per heavy atom. The summed E-state index contributed by atoms with van der Waals surface area (Å²) in [7, 11) is 0. The Labute approximate surface area is 123 Å². The van der Waals surface area contributed by atoms with Gasteiger partial charge in [-0.2, -0.15) is 0 Å². The van der Waals surface area contributed by atoms with E-state index in [-0.39, 0.29) is 6.29 Å². The molecule has 1 unspecified atom stereocenters. The van der Waals surface area contributed by atoms with E-state index >= 15 is 0 Å². The first kappa shape index (κ1) is 16.0. The second-order valence-corrected chi connectivity index (χ2v) is 6.48. The molecule has 116 valence electrons. The number of aliphatic hydroxyl groups is 1. The van der Waals surface area contributed by atoms with Crippen molar-refractivity contribution in [2.45, 2.75) is 82.5 Å². The Morgan fingerprint density at radius 2 is 2.00 bits per heavy atom. The zero-order valence-electron chi connectivity index (χ0n) is 12.7. The Balaban J connectivity index is 1.55. The van der Waals surface area contributed by atoms with Crippen LogP contribution in [0.4, 0.5) is 0 Å². The van der Waals surface area contributed by atoms with Crippen molar-refractivity contribution in [2.75, 3.05) is 13.2 Å². The maximum absolute atomic E-state index is 10.5. The molecule has 1 saturated carbocycles. The van der Waals surface area contributed by atoms with Gasteiger partial charge in [0.1, 0.15) is 0 Å². The summed E-state index contributed by atoms with van der Waals surface area (Å²) in [4.78, 5) is 0. The average molecular weight is 282 g/mol. The van der Waals surface area contributed by atoms with E-state index in [9.17, 15) is 5.11 Å². The van der Waals surface area contributed by atoms with Crippen molar-refractivity contribution in [2.24, 2.45) is 0 Å². The van der Waals surface area contributed by atoms with Crippen LogP contribution in [0, 0.1) is 0 Å². The predicted molar refractivity (Wildman–Crippen MR) is 80.6 cm³/mol. The van der Waals surface area contributed by atoms with E-state index in [1.807, 2.05) is 0 Å². The van der Waals surface area contributed by atoms with Gasteiger partial charge in [0.25, 0.3) is 0 Å². The molecule has 0 aromatic carbocycles. The van der Waals surface area contributed by atoms with Gasteiger partial charge in [0, 0.05) is 6.61 Å². The van der Waals surface area contributed by atoms with E-state index < -0.39 is 5.60 Å². The first-order valence-corrected chi connectivity index (χ1v) is 8.30. The summed E-state index contributed by atoms with van der Waals surface area (Å²) in [5, 5.41) is 10.5. The highest BCUT2D eigenvalue weighted by molar-refractivity contribution is 5.02. The van der Waals surface area contributed by atoms with Gasteiger partial charge >= 0.3 is 0 Å². The summed E-state index contributed by atoms with van der Waals surface area (Å²) in [6, 6.07) is 0. The average Bonchev–Trinajstić information content (AvgIpc) is 2.45. The Morgan fingerprint density at radius 3 is 2.70 bits per heavy atom. The third kappa shape index (κ3) is 5.55. The molecular formula is C17H30O3. The van der Waals surface area contributed by atoms with Crippen molar-refractivity contribution in [3.05, 3.63) is 12.2 Å². The molecular weight excluding hydrogens is 252 g/mol. The lowest BCUT2D eigenvalue weighted by molar-refractivity contribution is -0.162. The fraction of sp³-hybridized carbons (Fsp3) is 0.882. The predicted octanol–water partition coefficient (Wildman–Crippen LogP) is 3.95. The van der Waals surface area contributed by atoms with Crippen LogP contribution in [0.15, 0.2) is 12.2 Å². The highest BCUT2D eigenvalue weighted by atomic mass is 16.7. The van der Waals surface area contributed by atoms with Crippen LogP contribution in [0.25, 0.3) is 0 Å². The molecule has 0 amide bonds. The van der Waals surface area contributed by atoms with Crippen LogP contribution in [0.1, 0.15) is 70.6 Å². The zero-order valence-corrected chi connectivity index (χ0v) is 12.7. The molecule has 0 bridgehead atoms. The minimum Gasteiger partial charge on any atom is -0.390 e. The molecule has 1 aliphatic heterocycles. The minimum atomic E-state index is -0.470. The fourth-order valence-corrected chi connectivity index (χ4v) is 3.32. The molecule has 0 radical (unpaired) electrons. The second-order valence-electron chi connectivity index (χ2n) is 6.48. The summed E-state index contributed by atoms with van der Waals surface area (Å²) < 4.78 is 11.3. The molecule has 3 nitrogen and oxygen atoms in total. The molecule has 2 rings (SSSR count).